The number of piperidine rings is 1. The van der Waals surface area contributed by atoms with Crippen LogP contribution in [0.1, 0.15) is 50.9 Å². The molecule has 32 heavy (non-hydrogen) atoms. The van der Waals surface area contributed by atoms with E-state index in [0.29, 0.717) is 6.01 Å². The van der Waals surface area contributed by atoms with Crippen molar-refractivity contribution in [3.05, 3.63) is 59.3 Å². The summed E-state index contributed by atoms with van der Waals surface area (Å²) in [5.74, 6) is 1.90. The van der Waals surface area contributed by atoms with Crippen molar-refractivity contribution in [1.82, 2.24) is 10.1 Å². The standard InChI is InChI=1S/C24H28N6O2/c1-14(2)23-28-24(32-29-23)30-12-9-18(10-13-30)31-22-15(3)27-20(21-19(22)8-11-26-21)16-4-6-17(25)7-5-16/h4-8,11,14-15,18H,9-10,12-13,25H2,1-3H3. The first-order valence-corrected chi connectivity index (χ1v) is 11.2. The van der Waals surface area contributed by atoms with Crippen molar-refractivity contribution < 1.29 is 9.26 Å². The van der Waals surface area contributed by atoms with Crippen LogP contribution in [0.4, 0.5) is 11.7 Å². The molecule has 4 heterocycles. The molecule has 5 rings (SSSR count). The van der Waals surface area contributed by atoms with Crippen LogP contribution in [0, 0.1) is 0 Å². The highest BCUT2D eigenvalue weighted by Crippen LogP contribution is 2.31. The van der Waals surface area contributed by atoms with Gasteiger partial charge in [0.1, 0.15) is 17.9 Å². The molecule has 1 atom stereocenters. The molecule has 0 saturated carbocycles. The molecule has 0 bridgehead atoms. The molecule has 1 aromatic carbocycles. The molecular formula is C24H28N6O2. The summed E-state index contributed by atoms with van der Waals surface area (Å²) in [5, 5.41) is 4.08. The Labute approximate surface area is 187 Å². The van der Waals surface area contributed by atoms with Crippen LogP contribution in [0.25, 0.3) is 0 Å². The number of rotatable bonds is 5. The Balaban J connectivity index is 1.28. The van der Waals surface area contributed by atoms with Crippen molar-refractivity contribution in [3.63, 3.8) is 0 Å². The molecule has 3 aliphatic rings. The predicted molar refractivity (Wildman–Crippen MR) is 125 cm³/mol. The van der Waals surface area contributed by atoms with Gasteiger partial charge in [0, 0.05) is 54.9 Å². The SMILES string of the molecule is CC1N=C(c2ccc(N)cc2)C2=NC=CC2=C1OC1CCN(c2nc(C(C)C)no2)CC1. The van der Waals surface area contributed by atoms with E-state index in [1.54, 1.807) is 0 Å². The van der Waals surface area contributed by atoms with Crippen molar-refractivity contribution in [2.45, 2.75) is 51.7 Å². The number of aromatic nitrogens is 2. The molecule has 8 nitrogen and oxygen atoms in total. The number of nitrogen functional groups attached to an aromatic ring is 1. The van der Waals surface area contributed by atoms with E-state index in [1.165, 1.54) is 0 Å². The molecule has 0 amide bonds. The van der Waals surface area contributed by atoms with Gasteiger partial charge in [-0.2, -0.15) is 4.98 Å². The van der Waals surface area contributed by atoms with E-state index in [2.05, 4.69) is 40.8 Å². The van der Waals surface area contributed by atoms with E-state index in [1.807, 2.05) is 36.5 Å². The molecule has 166 valence electrons. The minimum atomic E-state index is -0.0816. The number of fused-ring (bicyclic) bond motifs is 1. The summed E-state index contributed by atoms with van der Waals surface area (Å²) < 4.78 is 12.0. The lowest BCUT2D eigenvalue weighted by molar-refractivity contribution is 0.0828. The molecular weight excluding hydrogens is 404 g/mol. The van der Waals surface area contributed by atoms with E-state index >= 15 is 0 Å². The van der Waals surface area contributed by atoms with Crippen molar-refractivity contribution >= 4 is 23.1 Å². The number of aliphatic imine (C=N–C) groups is 2. The lowest BCUT2D eigenvalue weighted by Crippen LogP contribution is -2.38. The Morgan fingerprint density at radius 2 is 1.88 bits per heavy atom. The molecule has 0 radical (unpaired) electrons. The number of hydrogen-bond donors (Lipinski definition) is 1. The molecule has 3 aliphatic heterocycles. The molecule has 8 heteroatoms. The average molecular weight is 433 g/mol. The van der Waals surface area contributed by atoms with Crippen LogP contribution in [-0.4, -0.2) is 46.8 Å². The molecule has 2 aromatic rings. The van der Waals surface area contributed by atoms with Gasteiger partial charge in [0.05, 0.1) is 11.4 Å². The summed E-state index contributed by atoms with van der Waals surface area (Å²) in [6, 6.07) is 8.28. The molecule has 0 aliphatic carbocycles. The first-order chi connectivity index (χ1) is 15.5. The van der Waals surface area contributed by atoms with Crippen molar-refractivity contribution in [1.29, 1.82) is 0 Å². The van der Waals surface area contributed by atoms with E-state index in [9.17, 15) is 0 Å². The number of ether oxygens (including phenoxy) is 1. The largest absolute Gasteiger partial charge is 0.492 e. The number of benzene rings is 1. The second-order valence-corrected chi connectivity index (χ2v) is 8.74. The summed E-state index contributed by atoms with van der Waals surface area (Å²) in [5.41, 5.74) is 10.4. The lowest BCUT2D eigenvalue weighted by atomic mass is 9.94. The first-order valence-electron chi connectivity index (χ1n) is 11.2. The fraction of sp³-hybridized carbons (Fsp3) is 0.417. The molecule has 1 saturated heterocycles. The zero-order valence-corrected chi connectivity index (χ0v) is 18.7. The van der Waals surface area contributed by atoms with E-state index < -0.39 is 0 Å². The summed E-state index contributed by atoms with van der Waals surface area (Å²) in [6.07, 6.45) is 5.73. The zero-order chi connectivity index (χ0) is 22.2. The second kappa shape index (κ2) is 8.26. The number of hydrogen-bond acceptors (Lipinski definition) is 8. The van der Waals surface area contributed by atoms with Crippen molar-refractivity contribution in [2.75, 3.05) is 23.7 Å². The summed E-state index contributed by atoms with van der Waals surface area (Å²) >= 11 is 0. The Hall–Kier alpha value is -3.42. The van der Waals surface area contributed by atoms with Crippen LogP contribution in [-0.2, 0) is 4.74 Å². The molecule has 2 N–H and O–H groups in total. The van der Waals surface area contributed by atoms with Crippen LogP contribution >= 0.6 is 0 Å². The fourth-order valence-electron chi connectivity index (χ4n) is 4.21. The van der Waals surface area contributed by atoms with Gasteiger partial charge in [-0.1, -0.05) is 31.1 Å². The normalized spacial score (nSPS) is 21.1. The number of dihydropyridines is 1. The van der Waals surface area contributed by atoms with Crippen LogP contribution in [0.5, 0.6) is 0 Å². The molecule has 1 aromatic heterocycles. The van der Waals surface area contributed by atoms with E-state index in [4.69, 9.17) is 20.0 Å². The number of anilines is 2. The Kier molecular flexibility index (Phi) is 5.28. The highest BCUT2D eigenvalue weighted by molar-refractivity contribution is 6.55. The van der Waals surface area contributed by atoms with Gasteiger partial charge < -0.3 is 19.9 Å². The minimum absolute atomic E-state index is 0.0816. The van der Waals surface area contributed by atoms with Gasteiger partial charge in [-0.15, -0.1) is 0 Å². The maximum Gasteiger partial charge on any atom is 0.324 e. The predicted octanol–water partition coefficient (Wildman–Crippen LogP) is 3.87. The van der Waals surface area contributed by atoms with Crippen LogP contribution in [0.3, 0.4) is 0 Å². The van der Waals surface area contributed by atoms with Gasteiger partial charge in [-0.3, -0.25) is 9.98 Å². The maximum absolute atomic E-state index is 6.52. The summed E-state index contributed by atoms with van der Waals surface area (Å²) in [4.78, 5) is 16.2. The van der Waals surface area contributed by atoms with Gasteiger partial charge in [0.2, 0.25) is 0 Å². The van der Waals surface area contributed by atoms with Gasteiger partial charge >= 0.3 is 6.01 Å². The quantitative estimate of drug-likeness (QED) is 0.720. The topological polar surface area (TPSA) is 102 Å². The monoisotopic (exact) mass is 432 g/mol. The number of allylic oxidation sites excluding steroid dienone is 2. The first kappa shape index (κ1) is 20.5. The van der Waals surface area contributed by atoms with Crippen LogP contribution in [0.15, 0.2) is 62.4 Å². The Morgan fingerprint density at radius 3 is 2.56 bits per heavy atom. The third-order valence-corrected chi connectivity index (χ3v) is 6.03. The summed E-state index contributed by atoms with van der Waals surface area (Å²) in [7, 11) is 0. The number of nitrogens with zero attached hydrogens (tertiary/aromatic N) is 5. The third kappa shape index (κ3) is 3.81. The average Bonchev–Trinajstić information content (AvgIpc) is 3.47. The zero-order valence-electron chi connectivity index (χ0n) is 18.7. The van der Waals surface area contributed by atoms with Gasteiger partial charge in [-0.25, -0.2) is 0 Å². The summed E-state index contributed by atoms with van der Waals surface area (Å²) in [6.45, 7) is 7.83. The van der Waals surface area contributed by atoms with E-state index in [0.717, 1.165) is 65.8 Å². The van der Waals surface area contributed by atoms with Crippen molar-refractivity contribution in [3.8, 4) is 0 Å². The molecule has 1 unspecified atom stereocenters. The molecule has 0 spiro atoms. The van der Waals surface area contributed by atoms with Crippen LogP contribution < -0.4 is 10.6 Å². The third-order valence-electron chi connectivity index (χ3n) is 6.03. The van der Waals surface area contributed by atoms with Gasteiger partial charge in [-0.05, 0) is 25.1 Å². The number of nitrogens with two attached hydrogens (primary N) is 1. The van der Waals surface area contributed by atoms with Crippen molar-refractivity contribution in [2.24, 2.45) is 9.98 Å². The second-order valence-electron chi connectivity index (χ2n) is 8.74. The smallest absolute Gasteiger partial charge is 0.324 e. The van der Waals surface area contributed by atoms with Gasteiger partial charge in [0.15, 0.2) is 5.82 Å². The van der Waals surface area contributed by atoms with Gasteiger partial charge in [0.25, 0.3) is 0 Å². The van der Waals surface area contributed by atoms with Crippen LogP contribution in [0.2, 0.25) is 0 Å². The lowest BCUT2D eigenvalue weighted by Gasteiger charge is -2.33. The minimum Gasteiger partial charge on any atom is -0.492 e. The maximum atomic E-state index is 6.52. The fourth-order valence-corrected chi connectivity index (χ4v) is 4.21. The Bertz CT molecular complexity index is 1120. The Morgan fingerprint density at radius 1 is 1.12 bits per heavy atom. The van der Waals surface area contributed by atoms with E-state index in [-0.39, 0.29) is 18.1 Å². The molecule has 1 fully saturated rings. The highest BCUT2D eigenvalue weighted by atomic mass is 16.5. The highest BCUT2D eigenvalue weighted by Gasteiger charge is 2.32.